The van der Waals surface area contributed by atoms with Crippen molar-refractivity contribution in [2.24, 2.45) is 10.7 Å². The van der Waals surface area contributed by atoms with Crippen LogP contribution in [0.2, 0.25) is 0 Å². The smallest absolute Gasteiger partial charge is 0.248 e. The first-order valence-corrected chi connectivity index (χ1v) is 8.35. The minimum Gasteiger partial charge on any atom is -0.366 e. The Hall–Kier alpha value is -1.61. The van der Waals surface area contributed by atoms with Crippen molar-refractivity contribution in [1.29, 1.82) is 0 Å². The molecule has 24 heavy (non-hydrogen) atoms. The summed E-state index contributed by atoms with van der Waals surface area (Å²) in [6.45, 7) is 3.54. The predicted octanol–water partition coefficient (Wildman–Crippen LogP) is 2.89. The first kappa shape index (κ1) is 20.4. The Balaban J connectivity index is 0.00000288. The van der Waals surface area contributed by atoms with E-state index in [-0.39, 0.29) is 24.0 Å². The second kappa shape index (κ2) is 10.3. The van der Waals surface area contributed by atoms with Gasteiger partial charge in [-0.25, -0.2) is 0 Å². The second-order valence-corrected chi connectivity index (χ2v) is 6.31. The molecule has 7 heteroatoms. The summed E-state index contributed by atoms with van der Waals surface area (Å²) in [5.74, 6) is 0.333. The number of aliphatic imine (C=N–C) groups is 1. The third kappa shape index (κ3) is 6.12. The number of benzene rings is 1. The Labute approximate surface area is 163 Å². The average Bonchev–Trinajstić information content (AvgIpc) is 3.03. The Morgan fingerprint density at radius 2 is 1.71 bits per heavy atom. The number of nitrogens with two attached hydrogens (primary N) is 1. The molecule has 5 nitrogen and oxygen atoms in total. The van der Waals surface area contributed by atoms with Crippen molar-refractivity contribution in [3.05, 3.63) is 57.3 Å². The lowest BCUT2D eigenvalue weighted by molar-refractivity contribution is 0.100. The molecule has 0 saturated heterocycles. The van der Waals surface area contributed by atoms with Crippen LogP contribution in [0.4, 0.5) is 0 Å². The zero-order chi connectivity index (χ0) is 16.7. The van der Waals surface area contributed by atoms with Crippen LogP contribution in [-0.4, -0.2) is 18.9 Å². The zero-order valence-electron chi connectivity index (χ0n) is 13.8. The largest absolute Gasteiger partial charge is 0.366 e. The first-order valence-electron chi connectivity index (χ1n) is 7.53. The number of thiophene rings is 1. The molecule has 0 radical (unpaired) electrons. The van der Waals surface area contributed by atoms with Crippen LogP contribution in [0.1, 0.15) is 32.6 Å². The van der Waals surface area contributed by atoms with E-state index in [4.69, 9.17) is 5.73 Å². The lowest BCUT2D eigenvalue weighted by atomic mass is 10.1. The van der Waals surface area contributed by atoms with Gasteiger partial charge in [0.2, 0.25) is 5.91 Å². The van der Waals surface area contributed by atoms with Gasteiger partial charge in [0.1, 0.15) is 0 Å². The maximum Gasteiger partial charge on any atom is 0.248 e. The number of carbonyl (C=O) groups excluding carboxylic acids is 1. The fourth-order valence-electron chi connectivity index (χ4n) is 2.07. The van der Waals surface area contributed by atoms with Crippen LogP contribution in [0, 0.1) is 0 Å². The van der Waals surface area contributed by atoms with Gasteiger partial charge in [-0.05, 0) is 36.2 Å². The van der Waals surface area contributed by atoms with Gasteiger partial charge in [-0.3, -0.25) is 9.79 Å². The molecule has 2 rings (SSSR count). The molecular formula is C17H23IN4OS. The van der Waals surface area contributed by atoms with Gasteiger partial charge in [0.15, 0.2) is 5.96 Å². The molecule has 0 aliphatic carbocycles. The summed E-state index contributed by atoms with van der Waals surface area (Å²) in [5, 5.41) is 6.55. The standard InChI is InChI=1S/C17H22N4OS.HI/c1-3-14-8-9-15(23-14)11-21-17(19-2)20-10-12-4-6-13(7-5-12)16(18)22;/h4-9H,3,10-11H2,1-2H3,(H2,18,22)(H2,19,20,21);1H. The van der Waals surface area contributed by atoms with E-state index in [2.05, 4.69) is 34.7 Å². The number of halogens is 1. The number of nitrogens with zero attached hydrogens (tertiary/aromatic N) is 1. The lowest BCUT2D eigenvalue weighted by Crippen LogP contribution is -2.36. The molecule has 1 heterocycles. The van der Waals surface area contributed by atoms with Crippen LogP contribution in [0.3, 0.4) is 0 Å². The molecule has 1 aromatic heterocycles. The van der Waals surface area contributed by atoms with E-state index in [1.165, 1.54) is 9.75 Å². The molecule has 0 bridgehead atoms. The number of guanidine groups is 1. The van der Waals surface area contributed by atoms with Crippen LogP contribution < -0.4 is 16.4 Å². The molecule has 0 saturated carbocycles. The Kier molecular flexibility index (Phi) is 8.77. The minimum absolute atomic E-state index is 0. The molecule has 0 aliphatic rings. The van der Waals surface area contributed by atoms with Crippen molar-refractivity contribution in [3.8, 4) is 0 Å². The summed E-state index contributed by atoms with van der Waals surface area (Å²) in [6.07, 6.45) is 1.07. The highest BCUT2D eigenvalue weighted by molar-refractivity contribution is 14.0. The minimum atomic E-state index is -0.413. The number of aryl methyl sites for hydroxylation is 1. The summed E-state index contributed by atoms with van der Waals surface area (Å²) in [4.78, 5) is 17.9. The predicted molar refractivity (Wildman–Crippen MR) is 111 cm³/mol. The number of amides is 1. The van der Waals surface area contributed by atoms with E-state index in [9.17, 15) is 4.79 Å². The van der Waals surface area contributed by atoms with Gasteiger partial charge in [0.25, 0.3) is 0 Å². The van der Waals surface area contributed by atoms with Gasteiger partial charge in [-0.2, -0.15) is 0 Å². The van der Waals surface area contributed by atoms with E-state index in [1.54, 1.807) is 19.2 Å². The Morgan fingerprint density at radius 3 is 2.25 bits per heavy atom. The number of hydrogen-bond donors (Lipinski definition) is 3. The number of primary amides is 1. The van der Waals surface area contributed by atoms with Crippen molar-refractivity contribution >= 4 is 47.2 Å². The quantitative estimate of drug-likeness (QED) is 0.354. The molecule has 0 atom stereocenters. The third-order valence-corrected chi connectivity index (χ3v) is 4.65. The van der Waals surface area contributed by atoms with Crippen LogP contribution in [-0.2, 0) is 19.5 Å². The molecule has 0 spiro atoms. The Bertz CT molecular complexity index is 682. The van der Waals surface area contributed by atoms with Gasteiger partial charge >= 0.3 is 0 Å². The van der Waals surface area contributed by atoms with E-state index < -0.39 is 5.91 Å². The van der Waals surface area contributed by atoms with E-state index in [0.29, 0.717) is 12.1 Å². The number of rotatable bonds is 6. The molecule has 4 N–H and O–H groups in total. The van der Waals surface area contributed by atoms with Gasteiger partial charge in [-0.15, -0.1) is 35.3 Å². The van der Waals surface area contributed by atoms with Crippen molar-refractivity contribution in [2.75, 3.05) is 7.05 Å². The lowest BCUT2D eigenvalue weighted by Gasteiger charge is -2.11. The summed E-state index contributed by atoms with van der Waals surface area (Å²) in [5.41, 5.74) is 6.80. The third-order valence-electron chi connectivity index (χ3n) is 3.42. The van der Waals surface area contributed by atoms with Crippen molar-refractivity contribution < 1.29 is 4.79 Å². The van der Waals surface area contributed by atoms with Crippen molar-refractivity contribution in [3.63, 3.8) is 0 Å². The van der Waals surface area contributed by atoms with E-state index in [1.807, 2.05) is 23.5 Å². The van der Waals surface area contributed by atoms with Gasteiger partial charge < -0.3 is 16.4 Å². The number of hydrogen-bond acceptors (Lipinski definition) is 3. The maximum absolute atomic E-state index is 11.0. The highest BCUT2D eigenvalue weighted by Crippen LogP contribution is 2.16. The molecule has 1 aromatic carbocycles. The topological polar surface area (TPSA) is 79.5 Å². The molecule has 2 aromatic rings. The average molecular weight is 458 g/mol. The van der Waals surface area contributed by atoms with E-state index in [0.717, 1.165) is 24.5 Å². The number of nitrogens with one attached hydrogen (secondary N) is 2. The van der Waals surface area contributed by atoms with Gasteiger partial charge in [-0.1, -0.05) is 19.1 Å². The molecule has 130 valence electrons. The summed E-state index contributed by atoms with van der Waals surface area (Å²) in [7, 11) is 1.75. The van der Waals surface area contributed by atoms with Gasteiger partial charge in [0.05, 0.1) is 6.54 Å². The van der Waals surface area contributed by atoms with Crippen LogP contribution in [0.5, 0.6) is 0 Å². The second-order valence-electron chi connectivity index (χ2n) is 5.06. The maximum atomic E-state index is 11.0. The van der Waals surface area contributed by atoms with Crippen LogP contribution >= 0.6 is 35.3 Å². The molecule has 1 amide bonds. The first-order chi connectivity index (χ1) is 11.1. The number of carbonyl (C=O) groups is 1. The van der Waals surface area contributed by atoms with E-state index >= 15 is 0 Å². The normalized spacial score (nSPS) is 10.8. The monoisotopic (exact) mass is 458 g/mol. The van der Waals surface area contributed by atoms with Crippen molar-refractivity contribution in [1.82, 2.24) is 10.6 Å². The summed E-state index contributed by atoms with van der Waals surface area (Å²) < 4.78 is 0. The van der Waals surface area contributed by atoms with Crippen LogP contribution in [0.25, 0.3) is 0 Å². The summed E-state index contributed by atoms with van der Waals surface area (Å²) in [6, 6.07) is 11.5. The highest BCUT2D eigenvalue weighted by Gasteiger charge is 2.03. The van der Waals surface area contributed by atoms with Crippen molar-refractivity contribution in [2.45, 2.75) is 26.4 Å². The molecule has 0 aliphatic heterocycles. The fraction of sp³-hybridized carbons (Fsp3) is 0.294. The fourth-order valence-corrected chi connectivity index (χ4v) is 2.97. The molecule has 0 fully saturated rings. The zero-order valence-corrected chi connectivity index (χ0v) is 17.0. The molecule has 0 unspecified atom stereocenters. The molecular weight excluding hydrogens is 435 g/mol. The SMILES string of the molecule is CCc1ccc(CNC(=NC)NCc2ccc(C(N)=O)cc2)s1.I. The Morgan fingerprint density at radius 1 is 1.08 bits per heavy atom. The van der Waals surface area contributed by atoms with Gasteiger partial charge in [0, 0.05) is 28.9 Å². The highest BCUT2D eigenvalue weighted by atomic mass is 127. The van der Waals surface area contributed by atoms with Crippen LogP contribution in [0.15, 0.2) is 41.4 Å². The summed E-state index contributed by atoms with van der Waals surface area (Å²) >= 11 is 1.82.